The Hall–Kier alpha value is -1.97. The van der Waals surface area contributed by atoms with Crippen LogP contribution in [0.4, 0.5) is 5.13 Å². The summed E-state index contributed by atoms with van der Waals surface area (Å²) in [4.78, 5) is 16.3. The molecule has 1 aromatic heterocycles. The highest BCUT2D eigenvalue weighted by atomic mass is 32.2. The molecule has 9 heteroatoms. The highest BCUT2D eigenvalue weighted by molar-refractivity contribution is 7.89. The fourth-order valence-corrected chi connectivity index (χ4v) is 4.26. The van der Waals surface area contributed by atoms with Gasteiger partial charge in [0.25, 0.3) is 0 Å². The van der Waals surface area contributed by atoms with E-state index in [4.69, 9.17) is 4.74 Å². The average Bonchev–Trinajstić information content (AvgIpc) is 3.06. The monoisotopic (exact) mass is 383 g/mol. The zero-order valence-electron chi connectivity index (χ0n) is 14.3. The summed E-state index contributed by atoms with van der Waals surface area (Å²) in [7, 11) is -2.28. The molecule has 1 amide bonds. The molecule has 0 bridgehead atoms. The van der Waals surface area contributed by atoms with Crippen LogP contribution in [0, 0.1) is 5.92 Å². The predicted octanol–water partition coefficient (Wildman–Crippen LogP) is 2.44. The van der Waals surface area contributed by atoms with Gasteiger partial charge >= 0.3 is 0 Å². The predicted molar refractivity (Wildman–Crippen MR) is 97.3 cm³/mol. The third kappa shape index (κ3) is 5.25. The summed E-state index contributed by atoms with van der Waals surface area (Å²) in [6, 6.07) is 6.10. The Bertz CT molecular complexity index is 787. The molecule has 0 aliphatic heterocycles. The van der Waals surface area contributed by atoms with Crippen LogP contribution in [0.15, 0.2) is 40.7 Å². The Morgan fingerprint density at radius 3 is 2.52 bits per heavy atom. The molecule has 7 nitrogen and oxygen atoms in total. The Labute approximate surface area is 151 Å². The summed E-state index contributed by atoms with van der Waals surface area (Å²) in [6.45, 7) is 3.76. The quantitative estimate of drug-likeness (QED) is 0.756. The first kappa shape index (κ1) is 19.4. The number of sulfonamides is 1. The number of carbonyl (C=O) groups excluding carboxylic acids is 1. The van der Waals surface area contributed by atoms with Crippen LogP contribution in [0.2, 0.25) is 0 Å². The lowest BCUT2D eigenvalue weighted by atomic mass is 10.2. The van der Waals surface area contributed by atoms with Crippen molar-refractivity contribution in [2.45, 2.75) is 18.7 Å². The maximum Gasteiger partial charge on any atom is 0.243 e. The molecule has 1 N–H and O–H groups in total. The standard InChI is InChI=1S/C16H21N3O4S2/c1-12(2)10-19(11-15(20)18-16-17-8-9-24-16)25(21,22)14-6-4-13(23-3)5-7-14/h4-9,12H,10-11H2,1-3H3,(H,17,18,20). The molecule has 2 aromatic rings. The van der Waals surface area contributed by atoms with Crippen molar-refractivity contribution in [1.82, 2.24) is 9.29 Å². The normalized spacial score (nSPS) is 11.7. The van der Waals surface area contributed by atoms with Gasteiger partial charge in [-0.3, -0.25) is 4.79 Å². The van der Waals surface area contributed by atoms with Crippen LogP contribution in [0.5, 0.6) is 5.75 Å². The molecule has 0 unspecified atom stereocenters. The Morgan fingerprint density at radius 1 is 1.32 bits per heavy atom. The van der Waals surface area contributed by atoms with Crippen molar-refractivity contribution in [2.75, 3.05) is 25.5 Å². The molecule has 0 fully saturated rings. The number of thiazole rings is 1. The van der Waals surface area contributed by atoms with Crippen LogP contribution in [-0.4, -0.2) is 43.8 Å². The number of hydrogen-bond donors (Lipinski definition) is 1. The number of hydrogen-bond acceptors (Lipinski definition) is 6. The number of carbonyl (C=O) groups is 1. The van der Waals surface area contributed by atoms with Crippen molar-refractivity contribution >= 4 is 32.4 Å². The van der Waals surface area contributed by atoms with Crippen LogP contribution in [0.1, 0.15) is 13.8 Å². The third-order valence-electron chi connectivity index (χ3n) is 3.26. The smallest absolute Gasteiger partial charge is 0.243 e. The van der Waals surface area contributed by atoms with Crippen LogP contribution < -0.4 is 10.1 Å². The van der Waals surface area contributed by atoms with E-state index in [2.05, 4.69) is 10.3 Å². The summed E-state index contributed by atoms with van der Waals surface area (Å²) in [5.74, 6) is 0.212. The molecule has 0 aliphatic rings. The van der Waals surface area contributed by atoms with E-state index in [1.165, 1.54) is 34.9 Å². The minimum atomic E-state index is -3.80. The Kier molecular flexibility index (Phi) is 6.51. The van der Waals surface area contributed by atoms with E-state index < -0.39 is 15.9 Å². The summed E-state index contributed by atoms with van der Waals surface area (Å²) in [6.07, 6.45) is 1.57. The summed E-state index contributed by atoms with van der Waals surface area (Å²) in [5, 5.41) is 4.78. The largest absolute Gasteiger partial charge is 0.497 e. The van der Waals surface area contributed by atoms with E-state index >= 15 is 0 Å². The molecule has 0 saturated carbocycles. The summed E-state index contributed by atoms with van der Waals surface area (Å²) in [5.41, 5.74) is 0. The molecular weight excluding hydrogens is 362 g/mol. The minimum Gasteiger partial charge on any atom is -0.497 e. The third-order valence-corrected chi connectivity index (χ3v) is 5.78. The molecule has 0 aliphatic carbocycles. The number of benzene rings is 1. The number of aromatic nitrogens is 1. The SMILES string of the molecule is COc1ccc(S(=O)(=O)N(CC(=O)Nc2nccs2)CC(C)C)cc1. The maximum atomic E-state index is 12.9. The van der Waals surface area contributed by atoms with E-state index in [1.54, 1.807) is 23.7 Å². The second-order valence-electron chi connectivity index (χ2n) is 5.75. The number of ether oxygens (including phenoxy) is 1. The highest BCUT2D eigenvalue weighted by Crippen LogP contribution is 2.20. The zero-order chi connectivity index (χ0) is 18.4. The number of methoxy groups -OCH3 is 1. The van der Waals surface area contributed by atoms with Gasteiger partial charge in [0.1, 0.15) is 5.75 Å². The fraction of sp³-hybridized carbons (Fsp3) is 0.375. The average molecular weight is 383 g/mol. The number of amides is 1. The molecule has 1 aromatic carbocycles. The lowest BCUT2D eigenvalue weighted by Gasteiger charge is -2.23. The molecule has 0 saturated heterocycles. The fourth-order valence-electron chi connectivity index (χ4n) is 2.16. The van der Waals surface area contributed by atoms with E-state index in [-0.39, 0.29) is 23.9 Å². The van der Waals surface area contributed by atoms with Gasteiger partial charge in [-0.15, -0.1) is 11.3 Å². The van der Waals surface area contributed by atoms with Gasteiger partial charge in [0.2, 0.25) is 15.9 Å². The van der Waals surface area contributed by atoms with Crippen LogP contribution in [0.3, 0.4) is 0 Å². The van der Waals surface area contributed by atoms with Crippen molar-refractivity contribution in [3.05, 3.63) is 35.8 Å². The molecular formula is C16H21N3O4S2. The first-order valence-corrected chi connectivity index (χ1v) is 9.98. The number of rotatable bonds is 8. The van der Waals surface area contributed by atoms with Gasteiger partial charge in [-0.05, 0) is 30.2 Å². The van der Waals surface area contributed by atoms with Gasteiger partial charge in [0, 0.05) is 18.1 Å². The van der Waals surface area contributed by atoms with Crippen LogP contribution in [-0.2, 0) is 14.8 Å². The lowest BCUT2D eigenvalue weighted by molar-refractivity contribution is -0.116. The molecule has 0 spiro atoms. The maximum absolute atomic E-state index is 12.9. The van der Waals surface area contributed by atoms with Crippen LogP contribution in [0.25, 0.3) is 0 Å². The van der Waals surface area contributed by atoms with Gasteiger partial charge in [0.15, 0.2) is 5.13 Å². The van der Waals surface area contributed by atoms with Crippen molar-refractivity contribution in [2.24, 2.45) is 5.92 Å². The lowest BCUT2D eigenvalue weighted by Crippen LogP contribution is -2.40. The van der Waals surface area contributed by atoms with Gasteiger partial charge in [-0.2, -0.15) is 4.31 Å². The van der Waals surface area contributed by atoms with Crippen molar-refractivity contribution in [3.8, 4) is 5.75 Å². The number of nitrogens with zero attached hydrogens (tertiary/aromatic N) is 2. The van der Waals surface area contributed by atoms with Crippen molar-refractivity contribution < 1.29 is 17.9 Å². The van der Waals surface area contributed by atoms with E-state index in [0.717, 1.165) is 0 Å². The first-order valence-electron chi connectivity index (χ1n) is 7.66. The second kappa shape index (κ2) is 8.41. The first-order chi connectivity index (χ1) is 11.8. The van der Waals surface area contributed by atoms with Crippen LogP contribution >= 0.6 is 11.3 Å². The van der Waals surface area contributed by atoms with Gasteiger partial charge in [0.05, 0.1) is 18.6 Å². The van der Waals surface area contributed by atoms with E-state index in [0.29, 0.717) is 10.9 Å². The minimum absolute atomic E-state index is 0.0701. The molecule has 136 valence electrons. The molecule has 25 heavy (non-hydrogen) atoms. The summed E-state index contributed by atoms with van der Waals surface area (Å²) < 4.78 is 32.0. The summed E-state index contributed by atoms with van der Waals surface area (Å²) >= 11 is 1.28. The van der Waals surface area contributed by atoms with E-state index in [9.17, 15) is 13.2 Å². The van der Waals surface area contributed by atoms with Gasteiger partial charge in [-0.25, -0.2) is 13.4 Å². The number of anilines is 1. The Balaban J connectivity index is 2.20. The van der Waals surface area contributed by atoms with Gasteiger partial charge < -0.3 is 10.1 Å². The van der Waals surface area contributed by atoms with Crippen molar-refractivity contribution in [1.29, 1.82) is 0 Å². The Morgan fingerprint density at radius 2 is 2.00 bits per heavy atom. The number of nitrogens with one attached hydrogen (secondary N) is 1. The second-order valence-corrected chi connectivity index (χ2v) is 8.58. The highest BCUT2D eigenvalue weighted by Gasteiger charge is 2.27. The molecule has 2 rings (SSSR count). The molecule has 1 heterocycles. The van der Waals surface area contributed by atoms with Gasteiger partial charge in [-0.1, -0.05) is 13.8 Å². The molecule has 0 radical (unpaired) electrons. The van der Waals surface area contributed by atoms with E-state index in [1.807, 2.05) is 13.8 Å². The molecule has 0 atom stereocenters. The zero-order valence-corrected chi connectivity index (χ0v) is 15.9. The van der Waals surface area contributed by atoms with Crippen molar-refractivity contribution in [3.63, 3.8) is 0 Å². The topological polar surface area (TPSA) is 88.6 Å².